The molecule has 1 aromatic carbocycles. The molecule has 0 unspecified atom stereocenters. The van der Waals surface area contributed by atoms with E-state index in [4.69, 9.17) is 4.74 Å². The summed E-state index contributed by atoms with van der Waals surface area (Å²) < 4.78 is 5.38. The average molecular weight is 348 g/mol. The van der Waals surface area contributed by atoms with E-state index >= 15 is 0 Å². The first kappa shape index (κ1) is 19.1. The summed E-state index contributed by atoms with van der Waals surface area (Å²) in [6.45, 7) is 7.13. The number of carbonyl (C=O) groups excluding carboxylic acids is 2. The Balaban J connectivity index is 1.84. The molecular weight excluding hydrogens is 320 g/mol. The number of likely N-dealkylation sites (tertiary alicyclic amines) is 1. The summed E-state index contributed by atoms with van der Waals surface area (Å²) in [6, 6.07) is 6.86. The summed E-state index contributed by atoms with van der Waals surface area (Å²) in [4.78, 5) is 28.1. The second kappa shape index (κ2) is 7.76. The van der Waals surface area contributed by atoms with Crippen molar-refractivity contribution in [1.29, 1.82) is 0 Å². The van der Waals surface area contributed by atoms with Crippen LogP contribution in [0.5, 0.6) is 5.75 Å². The zero-order valence-electron chi connectivity index (χ0n) is 15.5. The Morgan fingerprint density at radius 1 is 1.20 bits per heavy atom. The fourth-order valence-corrected chi connectivity index (χ4v) is 2.90. The number of benzene rings is 1. The summed E-state index contributed by atoms with van der Waals surface area (Å²) in [5, 5.41) is 9.32. The van der Waals surface area contributed by atoms with E-state index in [0.29, 0.717) is 32.5 Å². The molecule has 25 heavy (non-hydrogen) atoms. The van der Waals surface area contributed by atoms with Gasteiger partial charge in [-0.3, -0.25) is 4.79 Å². The highest BCUT2D eigenvalue weighted by molar-refractivity contribution is 5.79. The first-order valence-electron chi connectivity index (χ1n) is 8.66. The molecule has 0 aromatic heterocycles. The molecule has 1 fully saturated rings. The molecule has 0 aliphatic carbocycles. The second-order valence-corrected chi connectivity index (χ2v) is 7.60. The molecule has 1 aliphatic rings. The molecule has 0 saturated carbocycles. The summed E-state index contributed by atoms with van der Waals surface area (Å²) in [7, 11) is 1.79. The lowest BCUT2D eigenvalue weighted by Gasteiger charge is -2.34. The minimum absolute atomic E-state index is 0.0687. The number of carbonyl (C=O) groups is 2. The Morgan fingerprint density at radius 2 is 1.76 bits per heavy atom. The smallest absolute Gasteiger partial charge is 0.410 e. The maximum atomic E-state index is 12.6. The lowest BCUT2D eigenvalue weighted by Crippen LogP contribution is -2.45. The average Bonchev–Trinajstić information content (AvgIpc) is 2.55. The zero-order chi connectivity index (χ0) is 18.6. The van der Waals surface area contributed by atoms with Crippen molar-refractivity contribution in [2.45, 2.75) is 45.8 Å². The predicted octanol–water partition coefficient (Wildman–Crippen LogP) is 3.00. The van der Waals surface area contributed by atoms with Crippen LogP contribution in [0.4, 0.5) is 4.79 Å². The van der Waals surface area contributed by atoms with Crippen molar-refractivity contribution < 1.29 is 19.4 Å². The fourth-order valence-electron chi connectivity index (χ4n) is 2.90. The maximum absolute atomic E-state index is 12.6. The van der Waals surface area contributed by atoms with Gasteiger partial charge in [0.1, 0.15) is 11.4 Å². The third kappa shape index (κ3) is 5.66. The molecule has 0 atom stereocenters. The van der Waals surface area contributed by atoms with Gasteiger partial charge in [0, 0.05) is 32.6 Å². The molecular formula is C19H28N2O4. The summed E-state index contributed by atoms with van der Waals surface area (Å²) in [5.74, 6) is 0.241. The lowest BCUT2D eigenvalue weighted by molar-refractivity contribution is -0.136. The molecule has 1 aliphatic heterocycles. The van der Waals surface area contributed by atoms with Gasteiger partial charge in [-0.1, -0.05) is 12.1 Å². The van der Waals surface area contributed by atoms with Crippen molar-refractivity contribution in [2.24, 2.45) is 5.92 Å². The van der Waals surface area contributed by atoms with Gasteiger partial charge in [0.15, 0.2) is 0 Å². The number of hydrogen-bond donors (Lipinski definition) is 1. The number of phenols is 1. The number of nitrogens with zero attached hydrogens (tertiary/aromatic N) is 2. The van der Waals surface area contributed by atoms with E-state index in [1.165, 1.54) is 0 Å². The minimum atomic E-state index is -0.506. The molecule has 0 spiro atoms. The van der Waals surface area contributed by atoms with Crippen LogP contribution in [0.25, 0.3) is 0 Å². The van der Waals surface area contributed by atoms with Crippen molar-refractivity contribution in [3.05, 3.63) is 29.8 Å². The van der Waals surface area contributed by atoms with E-state index in [1.807, 2.05) is 32.9 Å². The standard InChI is InChI=1S/C19H28N2O4/c1-19(2,3)25-18(24)21-11-9-15(10-12-21)17(23)20(4)13-14-5-7-16(22)8-6-14/h5-8,15,22H,9-13H2,1-4H3. The SMILES string of the molecule is CN(Cc1ccc(O)cc1)C(=O)C1CCN(C(=O)OC(C)(C)C)CC1. The molecule has 0 radical (unpaired) electrons. The molecule has 1 N–H and O–H groups in total. The summed E-state index contributed by atoms with van der Waals surface area (Å²) >= 11 is 0. The quantitative estimate of drug-likeness (QED) is 0.912. The van der Waals surface area contributed by atoms with Crippen LogP contribution in [-0.4, -0.2) is 52.6 Å². The Hall–Kier alpha value is -2.24. The highest BCUT2D eigenvalue weighted by Gasteiger charge is 2.31. The van der Waals surface area contributed by atoms with E-state index < -0.39 is 5.60 Å². The number of ether oxygens (including phenoxy) is 1. The first-order valence-corrected chi connectivity index (χ1v) is 8.66. The Bertz CT molecular complexity index is 599. The Labute approximate surface area is 149 Å². The number of aromatic hydroxyl groups is 1. The van der Waals surface area contributed by atoms with E-state index in [0.717, 1.165) is 5.56 Å². The van der Waals surface area contributed by atoms with Gasteiger partial charge in [0.2, 0.25) is 5.91 Å². The van der Waals surface area contributed by atoms with E-state index in [1.54, 1.807) is 29.0 Å². The number of piperidine rings is 1. The van der Waals surface area contributed by atoms with Crippen molar-refractivity contribution >= 4 is 12.0 Å². The van der Waals surface area contributed by atoms with Crippen molar-refractivity contribution in [2.75, 3.05) is 20.1 Å². The van der Waals surface area contributed by atoms with Gasteiger partial charge in [0.05, 0.1) is 0 Å². The number of hydrogen-bond acceptors (Lipinski definition) is 4. The van der Waals surface area contributed by atoms with Crippen molar-refractivity contribution in [3.63, 3.8) is 0 Å². The van der Waals surface area contributed by atoms with E-state index in [-0.39, 0.29) is 23.7 Å². The zero-order valence-corrected chi connectivity index (χ0v) is 15.5. The minimum Gasteiger partial charge on any atom is -0.508 e. The van der Waals surface area contributed by atoms with Gasteiger partial charge in [-0.15, -0.1) is 0 Å². The maximum Gasteiger partial charge on any atom is 0.410 e. The van der Waals surface area contributed by atoms with Crippen LogP contribution in [0.1, 0.15) is 39.2 Å². The number of phenolic OH excluding ortho intramolecular Hbond substituents is 1. The topological polar surface area (TPSA) is 70.1 Å². The highest BCUT2D eigenvalue weighted by Crippen LogP contribution is 2.22. The van der Waals surface area contributed by atoms with Gasteiger partial charge < -0.3 is 19.6 Å². The molecule has 2 amide bonds. The fraction of sp³-hybridized carbons (Fsp3) is 0.579. The van der Waals surface area contributed by atoms with Crippen LogP contribution >= 0.6 is 0 Å². The second-order valence-electron chi connectivity index (χ2n) is 7.60. The molecule has 6 nitrogen and oxygen atoms in total. The Kier molecular flexibility index (Phi) is 5.93. The summed E-state index contributed by atoms with van der Waals surface area (Å²) in [6.07, 6.45) is 0.992. The monoisotopic (exact) mass is 348 g/mol. The molecule has 138 valence electrons. The summed E-state index contributed by atoms with van der Waals surface area (Å²) in [5.41, 5.74) is 0.466. The number of rotatable bonds is 3. The van der Waals surface area contributed by atoms with Gasteiger partial charge in [-0.2, -0.15) is 0 Å². The van der Waals surface area contributed by atoms with Crippen LogP contribution < -0.4 is 0 Å². The van der Waals surface area contributed by atoms with Gasteiger partial charge in [-0.25, -0.2) is 4.79 Å². The predicted molar refractivity (Wildman–Crippen MR) is 95.1 cm³/mol. The van der Waals surface area contributed by atoms with Crippen LogP contribution in [0.2, 0.25) is 0 Å². The molecule has 1 aromatic rings. The van der Waals surface area contributed by atoms with Crippen molar-refractivity contribution in [3.8, 4) is 5.75 Å². The number of amides is 2. The van der Waals surface area contributed by atoms with Crippen molar-refractivity contribution in [1.82, 2.24) is 9.80 Å². The highest BCUT2D eigenvalue weighted by atomic mass is 16.6. The first-order chi connectivity index (χ1) is 11.7. The molecule has 0 bridgehead atoms. The Morgan fingerprint density at radius 3 is 2.28 bits per heavy atom. The van der Waals surface area contributed by atoms with Crippen LogP contribution in [0, 0.1) is 5.92 Å². The van der Waals surface area contributed by atoms with E-state index in [9.17, 15) is 14.7 Å². The molecule has 2 rings (SSSR count). The third-order valence-corrected chi connectivity index (χ3v) is 4.23. The van der Waals surface area contributed by atoms with Gasteiger partial charge in [0.25, 0.3) is 0 Å². The van der Waals surface area contributed by atoms with E-state index in [2.05, 4.69) is 0 Å². The molecule has 1 saturated heterocycles. The van der Waals surface area contributed by atoms with Crippen LogP contribution in [-0.2, 0) is 16.1 Å². The van der Waals surface area contributed by atoms with Crippen LogP contribution in [0.15, 0.2) is 24.3 Å². The van der Waals surface area contributed by atoms with Crippen LogP contribution in [0.3, 0.4) is 0 Å². The lowest BCUT2D eigenvalue weighted by atomic mass is 9.95. The van der Waals surface area contributed by atoms with Gasteiger partial charge in [-0.05, 0) is 51.3 Å². The van der Waals surface area contributed by atoms with Gasteiger partial charge >= 0.3 is 6.09 Å². The largest absolute Gasteiger partial charge is 0.508 e. The molecule has 1 heterocycles. The normalized spacial score (nSPS) is 15.8. The third-order valence-electron chi connectivity index (χ3n) is 4.23. The molecule has 6 heteroatoms.